The summed E-state index contributed by atoms with van der Waals surface area (Å²) >= 11 is 0. The van der Waals surface area contributed by atoms with Crippen LogP contribution in [0.5, 0.6) is 0 Å². The zero-order chi connectivity index (χ0) is 46.3. The van der Waals surface area contributed by atoms with E-state index in [1.165, 1.54) is 6.92 Å². The molecule has 17 nitrogen and oxygen atoms in total. The lowest BCUT2D eigenvalue weighted by Crippen LogP contribution is -2.52. The van der Waals surface area contributed by atoms with Gasteiger partial charge in [0.05, 0.1) is 23.9 Å². The molecule has 10 rings (SSSR count). The van der Waals surface area contributed by atoms with Crippen molar-refractivity contribution in [2.24, 2.45) is 5.92 Å². The van der Waals surface area contributed by atoms with Crippen LogP contribution in [0.4, 0.5) is 11.4 Å². The number of carbonyl (C=O) groups is 5. The number of ketones is 1. The number of hydrogen-bond acceptors (Lipinski definition) is 13. The maximum atomic E-state index is 13.6. The van der Waals surface area contributed by atoms with Crippen LogP contribution >= 0.6 is 0 Å². The number of nitrogens with one attached hydrogen (secondary N) is 1. The minimum Gasteiger partial charge on any atom is -0.369 e. The second kappa shape index (κ2) is 18.9. The first-order valence-electron chi connectivity index (χ1n) is 24.3. The average Bonchev–Trinajstić information content (AvgIpc) is 3.97. The maximum Gasteiger partial charge on any atom is 0.263 e. The lowest BCUT2D eigenvalue weighted by Gasteiger charge is -2.40. The van der Waals surface area contributed by atoms with Crippen molar-refractivity contribution in [2.75, 3.05) is 88.3 Å². The number of pyridine rings is 2. The number of amides is 4. The van der Waals surface area contributed by atoms with Crippen LogP contribution in [-0.4, -0.2) is 153 Å². The maximum absolute atomic E-state index is 13.6. The molecule has 1 N–H and O–H groups in total. The molecule has 6 aliphatic rings. The highest BCUT2D eigenvalue weighted by atomic mass is 16.2. The fraction of sp³-hybridized carbons (Fsp3) is 0.540. The van der Waals surface area contributed by atoms with Gasteiger partial charge in [0.15, 0.2) is 5.78 Å². The lowest BCUT2D eigenvalue weighted by atomic mass is 9.95. The minimum atomic E-state index is -0.615. The van der Waals surface area contributed by atoms with E-state index in [0.717, 1.165) is 139 Å². The normalized spacial score (nSPS) is 22.3. The summed E-state index contributed by atoms with van der Waals surface area (Å²) < 4.78 is 1.76. The predicted octanol–water partition coefficient (Wildman–Crippen LogP) is 3.35. The van der Waals surface area contributed by atoms with Crippen LogP contribution in [0.25, 0.3) is 11.0 Å². The van der Waals surface area contributed by atoms with Gasteiger partial charge in [-0.25, -0.2) is 9.97 Å². The molecule has 0 spiro atoms. The first-order chi connectivity index (χ1) is 32.5. The highest BCUT2D eigenvalue weighted by Gasteiger charge is 2.39. The number of Topliss-reactive ketones (excluding diaryl/α,β-unsaturated/α-hetero) is 1. The topological polar surface area (TPSA) is 177 Å². The van der Waals surface area contributed by atoms with E-state index in [-0.39, 0.29) is 47.1 Å². The fourth-order valence-corrected chi connectivity index (χ4v) is 11.4. The Morgan fingerprint density at radius 3 is 2.22 bits per heavy atom. The highest BCUT2D eigenvalue weighted by Crippen LogP contribution is 2.33. The number of fused-ring (bicyclic) bond motifs is 2. The van der Waals surface area contributed by atoms with E-state index < -0.39 is 11.9 Å². The molecule has 1 aliphatic carbocycles. The largest absolute Gasteiger partial charge is 0.369 e. The quantitative estimate of drug-likeness (QED) is 0.162. The third-order valence-electron chi connectivity index (χ3n) is 15.3. The molecule has 8 heterocycles. The number of nitrogens with zero attached hydrogens (tertiary/aromatic N) is 10. The standard InChI is InChI=1S/C50H61N11O6/c1-32-41-29-52-43(53-47(41)61(37-5-3-4-6-37)50(67)46(32)33(2)62)27-36-7-8-39(28-51-36)58-20-15-55(16-21-58)17-24-59-14-13-34(25-45(59)64)30-56-18-22-57(23-19-56)38-9-10-40-35(26-38)31-60(49(40)66)42-11-12-44(63)54-48(42)65/h7-10,26,28-29,34,37,42H,3-6,11-25,27,30-31H2,1-2H3,(H,54,63,65). The summed E-state index contributed by atoms with van der Waals surface area (Å²) in [5.74, 6) is 0.151. The van der Waals surface area contributed by atoms with E-state index in [1.807, 2.05) is 31.3 Å². The van der Waals surface area contributed by atoms with Crippen molar-refractivity contribution in [1.29, 1.82) is 0 Å². The predicted molar refractivity (Wildman–Crippen MR) is 252 cm³/mol. The molecule has 352 valence electrons. The number of anilines is 2. The molecule has 4 saturated heterocycles. The Balaban J connectivity index is 0.652. The third kappa shape index (κ3) is 9.19. The van der Waals surface area contributed by atoms with Crippen molar-refractivity contribution in [2.45, 2.75) is 90.3 Å². The molecule has 4 aromatic rings. The number of aryl methyl sites for hydroxylation is 1. The Hall–Kier alpha value is -6.07. The molecule has 17 heteroatoms. The number of piperazine rings is 2. The SMILES string of the molecule is CC(=O)c1c(C)c2cnc(Cc3ccc(N4CCN(CCN5CCC(CN6CCN(c7ccc8c(c7)CN(C7CCC(=O)NC7=O)C8=O)CC6)CC5=O)CC4)cn3)nc2n(C2CCCC2)c1=O. The Bertz CT molecular complexity index is 2650. The summed E-state index contributed by atoms with van der Waals surface area (Å²) in [6.07, 6.45) is 10.2. The molecular formula is C50H61N11O6. The Morgan fingerprint density at radius 2 is 1.52 bits per heavy atom. The van der Waals surface area contributed by atoms with Gasteiger partial charge in [-0.1, -0.05) is 12.8 Å². The summed E-state index contributed by atoms with van der Waals surface area (Å²) in [5.41, 5.74) is 5.79. The van der Waals surface area contributed by atoms with Crippen molar-refractivity contribution >= 4 is 51.8 Å². The van der Waals surface area contributed by atoms with Crippen LogP contribution in [0, 0.1) is 12.8 Å². The van der Waals surface area contributed by atoms with Gasteiger partial charge in [0.25, 0.3) is 11.5 Å². The van der Waals surface area contributed by atoms with Crippen LogP contribution in [0.3, 0.4) is 0 Å². The molecule has 1 saturated carbocycles. The molecule has 1 aromatic carbocycles. The summed E-state index contributed by atoms with van der Waals surface area (Å²) in [6.45, 7) is 14.1. The van der Waals surface area contributed by atoms with Crippen LogP contribution in [0.1, 0.15) is 108 Å². The minimum absolute atomic E-state index is 0.0350. The molecule has 3 aromatic heterocycles. The van der Waals surface area contributed by atoms with Gasteiger partial charge in [0.1, 0.15) is 17.5 Å². The van der Waals surface area contributed by atoms with Gasteiger partial charge in [-0.3, -0.25) is 53.4 Å². The van der Waals surface area contributed by atoms with E-state index in [0.29, 0.717) is 54.3 Å². The zero-order valence-corrected chi connectivity index (χ0v) is 38.8. The Morgan fingerprint density at radius 1 is 0.791 bits per heavy atom. The van der Waals surface area contributed by atoms with Gasteiger partial charge in [-0.2, -0.15) is 0 Å². The van der Waals surface area contributed by atoms with Gasteiger partial charge in [-0.15, -0.1) is 0 Å². The number of benzene rings is 1. The second-order valence-electron chi connectivity index (χ2n) is 19.5. The van der Waals surface area contributed by atoms with Crippen molar-refractivity contribution in [3.63, 3.8) is 0 Å². The number of hydrogen-bond donors (Lipinski definition) is 1. The number of rotatable bonds is 12. The fourth-order valence-electron chi connectivity index (χ4n) is 11.4. The van der Waals surface area contributed by atoms with Crippen molar-refractivity contribution in [3.05, 3.63) is 86.9 Å². The summed E-state index contributed by atoms with van der Waals surface area (Å²) in [5, 5.41) is 3.12. The number of carbonyl (C=O) groups excluding carboxylic acids is 5. The highest BCUT2D eigenvalue weighted by molar-refractivity contribution is 6.05. The van der Waals surface area contributed by atoms with Gasteiger partial charge in [0.2, 0.25) is 17.7 Å². The third-order valence-corrected chi connectivity index (χ3v) is 15.3. The van der Waals surface area contributed by atoms with Gasteiger partial charge in [-0.05, 0) is 86.9 Å². The summed E-state index contributed by atoms with van der Waals surface area (Å²) in [4.78, 5) is 104. The number of likely N-dealkylation sites (tertiary alicyclic amines) is 1. The smallest absolute Gasteiger partial charge is 0.263 e. The molecule has 5 fully saturated rings. The number of piperidine rings is 2. The second-order valence-corrected chi connectivity index (χ2v) is 19.5. The molecule has 2 atom stereocenters. The van der Waals surface area contributed by atoms with Crippen LogP contribution < -0.4 is 20.7 Å². The van der Waals surface area contributed by atoms with E-state index >= 15 is 0 Å². The molecule has 2 unspecified atom stereocenters. The van der Waals surface area contributed by atoms with E-state index in [1.54, 1.807) is 15.7 Å². The molecular weight excluding hydrogens is 851 g/mol. The number of imide groups is 1. The van der Waals surface area contributed by atoms with Crippen LogP contribution in [0.15, 0.2) is 47.5 Å². The van der Waals surface area contributed by atoms with Crippen molar-refractivity contribution < 1.29 is 24.0 Å². The van der Waals surface area contributed by atoms with Crippen molar-refractivity contribution in [1.82, 2.24) is 44.4 Å². The van der Waals surface area contributed by atoms with E-state index in [2.05, 4.69) is 46.9 Å². The monoisotopic (exact) mass is 911 g/mol. The Labute approximate surface area is 390 Å². The van der Waals surface area contributed by atoms with Gasteiger partial charge < -0.3 is 19.6 Å². The van der Waals surface area contributed by atoms with Gasteiger partial charge >= 0.3 is 0 Å². The summed E-state index contributed by atoms with van der Waals surface area (Å²) in [6, 6.07) is 9.52. The lowest BCUT2D eigenvalue weighted by molar-refractivity contribution is -0.137. The molecule has 67 heavy (non-hydrogen) atoms. The zero-order valence-electron chi connectivity index (χ0n) is 38.8. The van der Waals surface area contributed by atoms with Crippen molar-refractivity contribution in [3.8, 4) is 0 Å². The molecule has 0 radical (unpaired) electrons. The average molecular weight is 912 g/mol. The molecule has 5 aliphatic heterocycles. The molecule has 0 bridgehead atoms. The summed E-state index contributed by atoms with van der Waals surface area (Å²) in [7, 11) is 0. The van der Waals surface area contributed by atoms with E-state index in [9.17, 15) is 28.8 Å². The number of aromatic nitrogens is 4. The van der Waals surface area contributed by atoms with Crippen LogP contribution in [-0.2, 0) is 27.3 Å². The first kappa shape index (κ1) is 44.7. The molecule has 4 amide bonds. The van der Waals surface area contributed by atoms with E-state index in [4.69, 9.17) is 9.97 Å². The first-order valence-corrected chi connectivity index (χ1v) is 24.3. The van der Waals surface area contributed by atoms with Gasteiger partial charge in [0, 0.05) is 132 Å². The Kier molecular flexibility index (Phi) is 12.6. The van der Waals surface area contributed by atoms with Crippen LogP contribution in [0.2, 0.25) is 0 Å².